The topological polar surface area (TPSA) is 12.0 Å². The van der Waals surface area contributed by atoms with Crippen molar-refractivity contribution >= 4 is 0 Å². The Morgan fingerprint density at radius 3 is 2.17 bits per heavy atom. The van der Waals surface area contributed by atoms with E-state index in [2.05, 4.69) is 67.7 Å². The van der Waals surface area contributed by atoms with Gasteiger partial charge in [0, 0.05) is 6.54 Å². The summed E-state index contributed by atoms with van der Waals surface area (Å²) in [4.78, 5) is 0. The van der Waals surface area contributed by atoms with Crippen LogP contribution < -0.4 is 5.32 Å². The third-order valence-electron chi connectivity index (χ3n) is 3.38. The van der Waals surface area contributed by atoms with Crippen LogP contribution in [0.4, 0.5) is 0 Å². The molecule has 2 aromatic rings. The molecule has 2 aromatic carbocycles. The van der Waals surface area contributed by atoms with Crippen molar-refractivity contribution in [3.8, 4) is 0 Å². The lowest BCUT2D eigenvalue weighted by atomic mass is 10.0. The van der Waals surface area contributed by atoms with E-state index in [1.165, 1.54) is 22.3 Å². The predicted octanol–water partition coefficient (Wildman–Crippen LogP) is 3.64. The summed E-state index contributed by atoms with van der Waals surface area (Å²) in [6.45, 7) is 6.35. The van der Waals surface area contributed by atoms with Crippen molar-refractivity contribution in [3.05, 3.63) is 70.8 Å². The van der Waals surface area contributed by atoms with Crippen molar-refractivity contribution in [1.82, 2.24) is 5.32 Å². The Bertz CT molecular complexity index is 468. The fraction of sp³-hybridized carbons (Fsp3) is 0.294. The van der Waals surface area contributed by atoms with Crippen molar-refractivity contribution in [1.29, 1.82) is 0 Å². The molecule has 18 heavy (non-hydrogen) atoms. The van der Waals surface area contributed by atoms with Gasteiger partial charge in [0.15, 0.2) is 0 Å². The zero-order chi connectivity index (χ0) is 12.8. The largest absolute Gasteiger partial charge is 0.312 e. The Morgan fingerprint density at radius 2 is 1.50 bits per heavy atom. The first-order valence-corrected chi connectivity index (χ1v) is 6.57. The number of hydrogen-bond donors (Lipinski definition) is 1. The third kappa shape index (κ3) is 3.44. The van der Waals surface area contributed by atoms with Crippen LogP contribution in [-0.4, -0.2) is 6.54 Å². The summed E-state index contributed by atoms with van der Waals surface area (Å²) in [6.07, 6.45) is 1.09. The summed E-state index contributed by atoms with van der Waals surface area (Å²) in [5, 5.41) is 3.53. The summed E-state index contributed by atoms with van der Waals surface area (Å²) >= 11 is 0. The van der Waals surface area contributed by atoms with Gasteiger partial charge in [-0.1, -0.05) is 48.5 Å². The van der Waals surface area contributed by atoms with Crippen LogP contribution in [0.2, 0.25) is 0 Å². The molecule has 0 atom stereocenters. The second-order valence-corrected chi connectivity index (χ2v) is 4.78. The van der Waals surface area contributed by atoms with Crippen LogP contribution in [0, 0.1) is 13.8 Å². The van der Waals surface area contributed by atoms with Gasteiger partial charge in [0.05, 0.1) is 0 Å². The maximum absolute atomic E-state index is 3.53. The molecule has 0 radical (unpaired) electrons. The van der Waals surface area contributed by atoms with Crippen molar-refractivity contribution in [3.63, 3.8) is 0 Å². The second kappa shape index (κ2) is 6.36. The Balaban J connectivity index is 1.82. The summed E-state index contributed by atoms with van der Waals surface area (Å²) < 4.78 is 0. The average Bonchev–Trinajstić information content (AvgIpc) is 2.38. The molecule has 0 saturated carbocycles. The molecule has 0 aliphatic heterocycles. The van der Waals surface area contributed by atoms with Crippen molar-refractivity contribution in [2.45, 2.75) is 26.8 Å². The Kier molecular flexibility index (Phi) is 4.54. The molecule has 1 heteroatoms. The second-order valence-electron chi connectivity index (χ2n) is 4.78. The highest BCUT2D eigenvalue weighted by atomic mass is 14.8. The van der Waals surface area contributed by atoms with Gasteiger partial charge in [0.2, 0.25) is 0 Å². The monoisotopic (exact) mass is 239 g/mol. The Hall–Kier alpha value is -1.60. The molecule has 0 heterocycles. The van der Waals surface area contributed by atoms with E-state index >= 15 is 0 Å². The van der Waals surface area contributed by atoms with Gasteiger partial charge in [-0.15, -0.1) is 0 Å². The minimum absolute atomic E-state index is 0.964. The molecule has 2 rings (SSSR count). The van der Waals surface area contributed by atoms with E-state index < -0.39 is 0 Å². The molecule has 0 unspecified atom stereocenters. The zero-order valence-electron chi connectivity index (χ0n) is 11.2. The number of aryl methyl sites for hydroxylation is 2. The summed E-state index contributed by atoms with van der Waals surface area (Å²) in [7, 11) is 0. The maximum atomic E-state index is 3.53. The van der Waals surface area contributed by atoms with Crippen LogP contribution >= 0.6 is 0 Å². The smallest absolute Gasteiger partial charge is 0.0210 e. The van der Waals surface area contributed by atoms with Gasteiger partial charge < -0.3 is 5.32 Å². The van der Waals surface area contributed by atoms with E-state index in [-0.39, 0.29) is 0 Å². The van der Waals surface area contributed by atoms with Crippen molar-refractivity contribution < 1.29 is 0 Å². The average molecular weight is 239 g/mol. The summed E-state index contributed by atoms with van der Waals surface area (Å²) in [5.41, 5.74) is 5.58. The normalized spacial score (nSPS) is 10.6. The van der Waals surface area contributed by atoms with Crippen molar-refractivity contribution in [2.75, 3.05) is 6.54 Å². The van der Waals surface area contributed by atoms with Crippen LogP contribution in [0.15, 0.2) is 48.5 Å². The van der Waals surface area contributed by atoms with Crippen LogP contribution in [0.25, 0.3) is 0 Å². The fourth-order valence-electron chi connectivity index (χ4n) is 2.22. The molecule has 0 aromatic heterocycles. The van der Waals surface area contributed by atoms with Crippen LogP contribution in [0.1, 0.15) is 22.3 Å². The van der Waals surface area contributed by atoms with Gasteiger partial charge in [-0.2, -0.15) is 0 Å². The quantitative estimate of drug-likeness (QED) is 0.786. The molecule has 94 valence electrons. The number of nitrogens with one attached hydrogen (secondary N) is 1. The van der Waals surface area contributed by atoms with E-state index in [9.17, 15) is 0 Å². The van der Waals surface area contributed by atoms with Gasteiger partial charge in [-0.3, -0.25) is 0 Å². The lowest BCUT2D eigenvalue weighted by molar-refractivity contribution is 0.682. The molecule has 0 saturated heterocycles. The van der Waals surface area contributed by atoms with Gasteiger partial charge in [-0.05, 0) is 49.1 Å². The highest BCUT2D eigenvalue weighted by Gasteiger charge is 2.01. The molecule has 0 bridgehead atoms. The molecule has 0 fully saturated rings. The van der Waals surface area contributed by atoms with Crippen LogP contribution in [0.5, 0.6) is 0 Å². The number of benzene rings is 2. The highest BCUT2D eigenvalue weighted by Crippen LogP contribution is 2.12. The molecule has 0 aliphatic rings. The standard InChI is InChI=1S/C17H21N/c1-14-7-6-8-15(2)17(14)13-18-12-11-16-9-4-3-5-10-16/h3-10,18H,11-13H2,1-2H3. The molecule has 0 spiro atoms. The van der Waals surface area contributed by atoms with Gasteiger partial charge >= 0.3 is 0 Å². The van der Waals surface area contributed by atoms with Gasteiger partial charge in [0.25, 0.3) is 0 Å². The fourth-order valence-corrected chi connectivity index (χ4v) is 2.22. The van der Waals surface area contributed by atoms with E-state index in [4.69, 9.17) is 0 Å². The lowest BCUT2D eigenvalue weighted by Crippen LogP contribution is -2.18. The lowest BCUT2D eigenvalue weighted by Gasteiger charge is -2.10. The van der Waals surface area contributed by atoms with Gasteiger partial charge in [-0.25, -0.2) is 0 Å². The van der Waals surface area contributed by atoms with Gasteiger partial charge in [0.1, 0.15) is 0 Å². The third-order valence-corrected chi connectivity index (χ3v) is 3.38. The first-order valence-electron chi connectivity index (χ1n) is 6.57. The minimum atomic E-state index is 0.964. The highest BCUT2D eigenvalue weighted by molar-refractivity contribution is 5.33. The molecular weight excluding hydrogens is 218 g/mol. The number of hydrogen-bond acceptors (Lipinski definition) is 1. The van der Waals surface area contributed by atoms with E-state index in [0.29, 0.717) is 0 Å². The molecule has 0 aliphatic carbocycles. The Morgan fingerprint density at radius 1 is 0.833 bits per heavy atom. The molecule has 1 nitrogen and oxygen atoms in total. The summed E-state index contributed by atoms with van der Waals surface area (Å²) in [6, 6.07) is 17.1. The maximum Gasteiger partial charge on any atom is 0.0210 e. The molecular formula is C17H21N. The predicted molar refractivity (Wildman–Crippen MR) is 77.8 cm³/mol. The first kappa shape index (κ1) is 12.8. The van der Waals surface area contributed by atoms with Crippen LogP contribution in [-0.2, 0) is 13.0 Å². The minimum Gasteiger partial charge on any atom is -0.312 e. The van der Waals surface area contributed by atoms with E-state index in [1.807, 2.05) is 0 Å². The number of rotatable bonds is 5. The summed E-state index contributed by atoms with van der Waals surface area (Å²) in [5.74, 6) is 0. The van der Waals surface area contributed by atoms with E-state index in [1.54, 1.807) is 0 Å². The molecule has 0 amide bonds. The molecule has 1 N–H and O–H groups in total. The van der Waals surface area contributed by atoms with Crippen LogP contribution in [0.3, 0.4) is 0 Å². The zero-order valence-corrected chi connectivity index (χ0v) is 11.2. The SMILES string of the molecule is Cc1cccc(C)c1CNCCc1ccccc1. The first-order chi connectivity index (χ1) is 8.77. The van der Waals surface area contributed by atoms with Crippen molar-refractivity contribution in [2.24, 2.45) is 0 Å². The van der Waals surface area contributed by atoms with E-state index in [0.717, 1.165) is 19.5 Å². The Labute approximate surface area is 110 Å².